The van der Waals surface area contributed by atoms with Gasteiger partial charge < -0.3 is 10.3 Å². The van der Waals surface area contributed by atoms with E-state index in [0.717, 1.165) is 24.2 Å². The second kappa shape index (κ2) is 5.11. The van der Waals surface area contributed by atoms with Crippen molar-refractivity contribution in [1.29, 1.82) is 0 Å². The Kier molecular flexibility index (Phi) is 3.20. The molecule has 5 heteroatoms. The molecule has 0 bridgehead atoms. The maximum atomic E-state index is 6.01. The molecule has 0 saturated heterocycles. The lowest BCUT2D eigenvalue weighted by Gasteiger charge is -2.28. The summed E-state index contributed by atoms with van der Waals surface area (Å²) >= 11 is 0. The lowest BCUT2D eigenvalue weighted by Crippen LogP contribution is -2.44. The third-order valence-corrected chi connectivity index (χ3v) is 5.07. The van der Waals surface area contributed by atoms with Gasteiger partial charge in [-0.1, -0.05) is 25.0 Å². The Morgan fingerprint density at radius 1 is 1.36 bits per heavy atom. The Hall–Kier alpha value is -1.85. The fraction of sp³-hybridized carbons (Fsp3) is 0.471. The molecular formula is C17H22N4O. The van der Waals surface area contributed by atoms with E-state index in [2.05, 4.69) is 47.6 Å². The third-order valence-electron chi connectivity index (χ3n) is 5.07. The fourth-order valence-corrected chi connectivity index (χ4v) is 3.71. The second-order valence-electron chi connectivity index (χ2n) is 6.40. The molecule has 4 rings (SSSR count). The van der Waals surface area contributed by atoms with Crippen molar-refractivity contribution in [3.05, 3.63) is 36.0 Å². The van der Waals surface area contributed by atoms with Crippen molar-refractivity contribution in [2.24, 2.45) is 23.7 Å². The van der Waals surface area contributed by atoms with Crippen LogP contribution >= 0.6 is 0 Å². The van der Waals surface area contributed by atoms with Gasteiger partial charge in [0.25, 0.3) is 0 Å². The van der Waals surface area contributed by atoms with Crippen LogP contribution in [0.15, 0.2) is 35.5 Å². The number of aryl methyl sites for hydroxylation is 1. The van der Waals surface area contributed by atoms with Gasteiger partial charge in [-0.05, 0) is 30.4 Å². The van der Waals surface area contributed by atoms with Gasteiger partial charge in [-0.3, -0.25) is 0 Å². The largest absolute Gasteiger partial charge is 0.351 e. The minimum absolute atomic E-state index is 0.417. The zero-order chi connectivity index (χ0) is 15.2. The minimum Gasteiger partial charge on any atom is -0.351 e. The molecule has 1 unspecified atom stereocenters. The highest BCUT2D eigenvalue weighted by molar-refractivity contribution is 6.02. The SMILES string of the molecule is Cn1ccc2ccc(C3=NC(CN)(C4CCCC4)ON3)cc21. The summed E-state index contributed by atoms with van der Waals surface area (Å²) in [5.41, 5.74) is 10.7. The molecule has 2 aromatic rings. The van der Waals surface area contributed by atoms with E-state index in [0.29, 0.717) is 12.5 Å². The molecule has 0 spiro atoms. The second-order valence-corrected chi connectivity index (χ2v) is 6.40. The van der Waals surface area contributed by atoms with Crippen LogP contribution in [0.4, 0.5) is 0 Å². The first-order valence-electron chi connectivity index (χ1n) is 8.01. The van der Waals surface area contributed by atoms with E-state index in [1.54, 1.807) is 0 Å². The van der Waals surface area contributed by atoms with E-state index in [1.165, 1.54) is 23.7 Å². The topological polar surface area (TPSA) is 64.6 Å². The number of aliphatic imine (C=N–C) groups is 1. The van der Waals surface area contributed by atoms with Crippen LogP contribution in [0.1, 0.15) is 31.2 Å². The van der Waals surface area contributed by atoms with Crippen molar-refractivity contribution in [3.8, 4) is 0 Å². The van der Waals surface area contributed by atoms with Gasteiger partial charge in [0.15, 0.2) is 5.84 Å². The van der Waals surface area contributed by atoms with Crippen molar-refractivity contribution >= 4 is 16.7 Å². The van der Waals surface area contributed by atoms with Crippen molar-refractivity contribution < 1.29 is 4.84 Å². The summed E-state index contributed by atoms with van der Waals surface area (Å²) in [4.78, 5) is 10.7. The number of nitrogens with two attached hydrogens (primary N) is 1. The summed E-state index contributed by atoms with van der Waals surface area (Å²) in [5, 5.41) is 1.23. The molecule has 3 N–H and O–H groups in total. The Morgan fingerprint density at radius 2 is 2.18 bits per heavy atom. The van der Waals surface area contributed by atoms with Gasteiger partial charge >= 0.3 is 0 Å². The van der Waals surface area contributed by atoms with Gasteiger partial charge in [0.1, 0.15) is 0 Å². The summed E-state index contributed by atoms with van der Waals surface area (Å²) in [6, 6.07) is 8.46. The number of benzene rings is 1. The van der Waals surface area contributed by atoms with Crippen LogP contribution in [0, 0.1) is 5.92 Å². The highest BCUT2D eigenvalue weighted by Gasteiger charge is 2.44. The number of nitrogens with zero attached hydrogens (tertiary/aromatic N) is 2. The van der Waals surface area contributed by atoms with Gasteiger partial charge in [-0.15, -0.1) is 0 Å². The van der Waals surface area contributed by atoms with Gasteiger partial charge in [0.05, 0.1) is 0 Å². The van der Waals surface area contributed by atoms with Crippen LogP contribution in [0.25, 0.3) is 10.9 Å². The first-order chi connectivity index (χ1) is 10.7. The molecule has 2 aliphatic rings. The van der Waals surface area contributed by atoms with E-state index in [4.69, 9.17) is 15.6 Å². The number of hydrogen-bond donors (Lipinski definition) is 2. The molecule has 22 heavy (non-hydrogen) atoms. The Balaban J connectivity index is 1.71. The Morgan fingerprint density at radius 3 is 2.95 bits per heavy atom. The number of hydrogen-bond acceptors (Lipinski definition) is 4. The molecule has 2 heterocycles. The lowest BCUT2D eigenvalue weighted by atomic mass is 9.94. The van der Waals surface area contributed by atoms with Crippen LogP contribution in [-0.4, -0.2) is 22.7 Å². The highest BCUT2D eigenvalue weighted by atomic mass is 16.7. The molecule has 5 nitrogen and oxygen atoms in total. The molecule has 1 atom stereocenters. The summed E-state index contributed by atoms with van der Waals surface area (Å²) in [6.45, 7) is 0.417. The predicted octanol–water partition coefficient (Wildman–Crippen LogP) is 2.30. The fourth-order valence-electron chi connectivity index (χ4n) is 3.71. The van der Waals surface area contributed by atoms with Crippen molar-refractivity contribution in [3.63, 3.8) is 0 Å². The maximum Gasteiger partial charge on any atom is 0.202 e. The summed E-state index contributed by atoms with van der Waals surface area (Å²) in [7, 11) is 2.05. The van der Waals surface area contributed by atoms with E-state index in [9.17, 15) is 0 Å². The quantitative estimate of drug-likeness (QED) is 0.914. The number of fused-ring (bicyclic) bond motifs is 1. The monoisotopic (exact) mass is 298 g/mol. The molecule has 1 aliphatic carbocycles. The van der Waals surface area contributed by atoms with Crippen molar-refractivity contribution in [2.75, 3.05) is 6.54 Å². The summed E-state index contributed by atoms with van der Waals surface area (Å²) < 4.78 is 2.11. The molecule has 1 fully saturated rings. The molecule has 1 aromatic carbocycles. The average Bonchev–Trinajstić information content (AvgIpc) is 3.27. The Bertz CT molecular complexity index is 729. The van der Waals surface area contributed by atoms with Gasteiger partial charge in [0, 0.05) is 36.8 Å². The van der Waals surface area contributed by atoms with Crippen LogP contribution in [-0.2, 0) is 11.9 Å². The number of nitrogens with one attached hydrogen (secondary N) is 1. The smallest absolute Gasteiger partial charge is 0.202 e. The van der Waals surface area contributed by atoms with E-state index in [1.807, 2.05) is 0 Å². The van der Waals surface area contributed by atoms with Crippen molar-refractivity contribution in [2.45, 2.75) is 31.4 Å². The van der Waals surface area contributed by atoms with Crippen molar-refractivity contribution in [1.82, 2.24) is 10.0 Å². The molecule has 1 aromatic heterocycles. The van der Waals surface area contributed by atoms with Crippen LogP contribution in [0.3, 0.4) is 0 Å². The summed E-state index contributed by atoms with van der Waals surface area (Å²) in [6.07, 6.45) is 6.85. The lowest BCUT2D eigenvalue weighted by molar-refractivity contribution is -0.0851. The molecule has 1 saturated carbocycles. The van der Waals surface area contributed by atoms with Crippen LogP contribution in [0.5, 0.6) is 0 Å². The zero-order valence-corrected chi connectivity index (χ0v) is 12.9. The number of hydroxylamine groups is 1. The van der Waals surface area contributed by atoms with Gasteiger partial charge in [-0.2, -0.15) is 0 Å². The molecular weight excluding hydrogens is 276 g/mol. The predicted molar refractivity (Wildman–Crippen MR) is 87.4 cm³/mol. The minimum atomic E-state index is -0.588. The standard InChI is InChI=1S/C17H22N4O/c1-21-9-8-12-6-7-13(10-15(12)21)16-19-17(11-18,22-20-16)14-4-2-3-5-14/h6-10,14H,2-5,11,18H2,1H3,(H,19,20). The maximum absolute atomic E-state index is 6.01. The molecule has 1 aliphatic heterocycles. The van der Waals surface area contributed by atoms with Gasteiger partial charge in [0.2, 0.25) is 5.72 Å². The van der Waals surface area contributed by atoms with Crippen LogP contribution in [0.2, 0.25) is 0 Å². The number of aromatic nitrogens is 1. The first kappa shape index (κ1) is 13.8. The molecule has 0 amide bonds. The van der Waals surface area contributed by atoms with Crippen LogP contribution < -0.4 is 11.2 Å². The van der Waals surface area contributed by atoms with E-state index >= 15 is 0 Å². The van der Waals surface area contributed by atoms with Gasteiger partial charge in [-0.25, -0.2) is 15.3 Å². The first-order valence-corrected chi connectivity index (χ1v) is 8.01. The normalized spacial score (nSPS) is 25.6. The third kappa shape index (κ3) is 2.04. The molecule has 116 valence electrons. The highest BCUT2D eigenvalue weighted by Crippen LogP contribution is 2.38. The Labute approximate surface area is 130 Å². The van der Waals surface area contributed by atoms with E-state index in [-0.39, 0.29) is 0 Å². The average molecular weight is 298 g/mol. The number of rotatable bonds is 3. The number of amidine groups is 1. The zero-order valence-electron chi connectivity index (χ0n) is 12.9. The molecule has 0 radical (unpaired) electrons. The van der Waals surface area contributed by atoms with E-state index < -0.39 is 5.72 Å². The summed E-state index contributed by atoms with van der Waals surface area (Å²) in [5.74, 6) is 1.21.